The Morgan fingerprint density at radius 1 is 1.28 bits per heavy atom. The number of hydrogen-bond acceptors (Lipinski definition) is 3. The molecule has 0 aromatic heterocycles. The van der Waals surface area contributed by atoms with Crippen LogP contribution in [0, 0.1) is 11.8 Å². The average Bonchev–Trinajstić information content (AvgIpc) is 3.19. The van der Waals surface area contributed by atoms with E-state index in [-0.39, 0.29) is 0 Å². The normalized spacial score (nSPS) is 31.8. The molecule has 3 unspecified atom stereocenters. The fraction of sp³-hybridized carbons (Fsp3) is 1.00. The summed E-state index contributed by atoms with van der Waals surface area (Å²) in [6.45, 7) is 13.1. The quantitative estimate of drug-likeness (QED) is 0.786. The van der Waals surface area contributed by atoms with Gasteiger partial charge in [0.25, 0.3) is 0 Å². The Kier molecular flexibility index (Phi) is 5.05. The van der Waals surface area contributed by atoms with Gasteiger partial charge in [0.05, 0.1) is 6.61 Å². The molecule has 1 saturated heterocycles. The first kappa shape index (κ1) is 14.3. The minimum Gasteiger partial charge on any atom is -0.380 e. The monoisotopic (exact) mass is 254 g/mol. The van der Waals surface area contributed by atoms with Crippen LogP contribution >= 0.6 is 0 Å². The smallest absolute Gasteiger partial charge is 0.0619 e. The zero-order chi connectivity index (χ0) is 13.1. The van der Waals surface area contributed by atoms with Crippen LogP contribution in [0.2, 0.25) is 0 Å². The van der Waals surface area contributed by atoms with E-state index in [1.165, 1.54) is 19.4 Å². The van der Waals surface area contributed by atoms with Gasteiger partial charge in [-0.3, -0.25) is 4.90 Å². The molecule has 106 valence electrons. The fourth-order valence-corrected chi connectivity index (χ4v) is 3.14. The van der Waals surface area contributed by atoms with Crippen LogP contribution in [-0.2, 0) is 4.74 Å². The molecule has 2 rings (SSSR count). The summed E-state index contributed by atoms with van der Waals surface area (Å²) in [6.07, 6.45) is 2.86. The molecule has 2 fully saturated rings. The Balaban J connectivity index is 1.94. The molecule has 2 aliphatic rings. The third-order valence-corrected chi connectivity index (χ3v) is 4.51. The van der Waals surface area contributed by atoms with Gasteiger partial charge in [0.2, 0.25) is 0 Å². The maximum absolute atomic E-state index is 5.63. The van der Waals surface area contributed by atoms with Crippen molar-refractivity contribution in [3.8, 4) is 0 Å². The van der Waals surface area contributed by atoms with E-state index in [1.807, 2.05) is 0 Å². The largest absolute Gasteiger partial charge is 0.380 e. The van der Waals surface area contributed by atoms with Gasteiger partial charge < -0.3 is 10.1 Å². The first-order valence-electron chi connectivity index (χ1n) is 7.70. The van der Waals surface area contributed by atoms with Crippen molar-refractivity contribution >= 4 is 0 Å². The Morgan fingerprint density at radius 2 is 2.00 bits per heavy atom. The van der Waals surface area contributed by atoms with Gasteiger partial charge in [-0.25, -0.2) is 0 Å². The van der Waals surface area contributed by atoms with Crippen LogP contribution in [0.1, 0.15) is 40.5 Å². The van der Waals surface area contributed by atoms with E-state index < -0.39 is 0 Å². The lowest BCUT2D eigenvalue weighted by Crippen LogP contribution is -2.61. The van der Waals surface area contributed by atoms with E-state index in [4.69, 9.17) is 4.74 Å². The second kappa shape index (κ2) is 6.36. The number of nitrogens with one attached hydrogen (secondary N) is 1. The maximum Gasteiger partial charge on any atom is 0.0619 e. The predicted octanol–water partition coefficient (Wildman–Crippen LogP) is 2.12. The van der Waals surface area contributed by atoms with Crippen molar-refractivity contribution in [3.05, 3.63) is 0 Å². The number of rotatable bonds is 6. The lowest BCUT2D eigenvalue weighted by Gasteiger charge is -2.45. The van der Waals surface area contributed by atoms with Crippen LogP contribution in [0.3, 0.4) is 0 Å². The molecule has 3 nitrogen and oxygen atoms in total. The highest BCUT2D eigenvalue weighted by atomic mass is 16.5. The highest BCUT2D eigenvalue weighted by Crippen LogP contribution is 2.35. The number of hydrogen-bond donors (Lipinski definition) is 1. The van der Waals surface area contributed by atoms with E-state index in [0.717, 1.165) is 31.7 Å². The Labute approximate surface area is 112 Å². The Morgan fingerprint density at radius 3 is 2.56 bits per heavy atom. The molecule has 1 saturated carbocycles. The first-order valence-corrected chi connectivity index (χ1v) is 7.70. The SMILES string of the molecule is CCOCC(C)N1CC(C2CC2)NCC1C(C)C. The Hall–Kier alpha value is -0.120. The summed E-state index contributed by atoms with van der Waals surface area (Å²) in [6, 6.07) is 1.93. The number of piperazine rings is 1. The topological polar surface area (TPSA) is 24.5 Å². The standard InChI is InChI=1S/C15H30N2O/c1-5-18-10-12(4)17-9-14(13-6-7-13)16-8-15(17)11(2)3/h11-16H,5-10H2,1-4H3. The molecule has 1 heterocycles. The van der Waals surface area contributed by atoms with Gasteiger partial charge in [0.15, 0.2) is 0 Å². The minimum absolute atomic E-state index is 0.542. The van der Waals surface area contributed by atoms with Crippen LogP contribution in [-0.4, -0.2) is 49.3 Å². The number of nitrogens with zero attached hydrogens (tertiary/aromatic N) is 1. The first-order chi connectivity index (χ1) is 8.63. The summed E-state index contributed by atoms with van der Waals surface area (Å²) in [5.74, 6) is 1.65. The van der Waals surface area contributed by atoms with Crippen molar-refractivity contribution in [3.63, 3.8) is 0 Å². The zero-order valence-electron chi connectivity index (χ0n) is 12.5. The summed E-state index contributed by atoms with van der Waals surface area (Å²) in [5, 5.41) is 3.77. The number of ether oxygens (including phenoxy) is 1. The molecular weight excluding hydrogens is 224 g/mol. The summed E-state index contributed by atoms with van der Waals surface area (Å²) < 4.78 is 5.63. The molecule has 0 aromatic rings. The molecular formula is C15H30N2O. The molecule has 0 bridgehead atoms. The lowest BCUT2D eigenvalue weighted by molar-refractivity contribution is 0.0111. The summed E-state index contributed by atoms with van der Waals surface area (Å²) in [7, 11) is 0. The van der Waals surface area contributed by atoms with Crippen LogP contribution in [0.4, 0.5) is 0 Å². The molecule has 0 aromatic carbocycles. The van der Waals surface area contributed by atoms with E-state index in [9.17, 15) is 0 Å². The van der Waals surface area contributed by atoms with E-state index in [1.54, 1.807) is 0 Å². The van der Waals surface area contributed by atoms with Crippen LogP contribution in [0.15, 0.2) is 0 Å². The molecule has 3 heteroatoms. The van der Waals surface area contributed by atoms with Crippen molar-refractivity contribution in [2.45, 2.75) is 58.7 Å². The van der Waals surface area contributed by atoms with Gasteiger partial charge in [0.1, 0.15) is 0 Å². The highest BCUT2D eigenvalue weighted by Gasteiger charge is 2.39. The third kappa shape index (κ3) is 3.46. The molecule has 1 N–H and O–H groups in total. The summed E-state index contributed by atoms with van der Waals surface area (Å²) in [5.41, 5.74) is 0. The molecule has 1 aliphatic heterocycles. The van der Waals surface area contributed by atoms with Gasteiger partial charge in [-0.2, -0.15) is 0 Å². The van der Waals surface area contributed by atoms with Gasteiger partial charge in [-0.1, -0.05) is 13.8 Å². The van der Waals surface area contributed by atoms with Crippen molar-refractivity contribution in [1.29, 1.82) is 0 Å². The van der Waals surface area contributed by atoms with Gasteiger partial charge >= 0.3 is 0 Å². The van der Waals surface area contributed by atoms with E-state index in [0.29, 0.717) is 18.0 Å². The average molecular weight is 254 g/mol. The molecule has 3 atom stereocenters. The van der Waals surface area contributed by atoms with Crippen molar-refractivity contribution in [1.82, 2.24) is 10.2 Å². The predicted molar refractivity (Wildman–Crippen MR) is 75.8 cm³/mol. The second-order valence-electron chi connectivity index (χ2n) is 6.37. The van der Waals surface area contributed by atoms with Crippen molar-refractivity contribution in [2.24, 2.45) is 11.8 Å². The van der Waals surface area contributed by atoms with Crippen molar-refractivity contribution < 1.29 is 4.74 Å². The third-order valence-electron chi connectivity index (χ3n) is 4.51. The van der Waals surface area contributed by atoms with Crippen LogP contribution in [0.5, 0.6) is 0 Å². The van der Waals surface area contributed by atoms with Crippen LogP contribution in [0.25, 0.3) is 0 Å². The zero-order valence-corrected chi connectivity index (χ0v) is 12.5. The molecule has 1 aliphatic carbocycles. The molecule has 0 radical (unpaired) electrons. The van der Waals surface area contributed by atoms with E-state index in [2.05, 4.69) is 37.9 Å². The molecule has 18 heavy (non-hydrogen) atoms. The van der Waals surface area contributed by atoms with Crippen molar-refractivity contribution in [2.75, 3.05) is 26.3 Å². The van der Waals surface area contributed by atoms with Gasteiger partial charge in [-0.15, -0.1) is 0 Å². The van der Waals surface area contributed by atoms with Gasteiger partial charge in [-0.05, 0) is 38.5 Å². The lowest BCUT2D eigenvalue weighted by atomic mass is 9.95. The highest BCUT2D eigenvalue weighted by molar-refractivity contribution is 4.96. The summed E-state index contributed by atoms with van der Waals surface area (Å²) in [4.78, 5) is 2.69. The second-order valence-corrected chi connectivity index (χ2v) is 6.37. The summed E-state index contributed by atoms with van der Waals surface area (Å²) >= 11 is 0. The maximum atomic E-state index is 5.63. The Bertz CT molecular complexity index is 253. The minimum atomic E-state index is 0.542. The van der Waals surface area contributed by atoms with E-state index >= 15 is 0 Å². The molecule has 0 amide bonds. The van der Waals surface area contributed by atoms with Crippen LogP contribution < -0.4 is 5.32 Å². The molecule has 0 spiro atoms. The fourth-order valence-electron chi connectivity index (χ4n) is 3.14. The van der Waals surface area contributed by atoms with Gasteiger partial charge in [0, 0.05) is 37.8 Å².